The molecule has 2 N–H and O–H groups in total. The molecule has 3 amide bonds. The number of hydrogen-bond acceptors (Lipinski definition) is 2. The number of rotatable bonds is 1. The molecule has 0 atom stereocenters. The highest BCUT2D eigenvalue weighted by atomic mass is 35.5. The summed E-state index contributed by atoms with van der Waals surface area (Å²) >= 11 is 5.52. The minimum atomic E-state index is -0.788. The monoisotopic (exact) mass is 230 g/mol. The molecular formula is C9H8ClFN2O2. The number of nitrogens with one attached hydrogen (secondary N) is 2. The van der Waals surface area contributed by atoms with Crippen LogP contribution in [0.5, 0.6) is 0 Å². The first-order chi connectivity index (χ1) is 6.99. The molecule has 0 saturated heterocycles. The second kappa shape index (κ2) is 4.75. The van der Waals surface area contributed by atoms with Crippen LogP contribution in [0.1, 0.15) is 6.92 Å². The van der Waals surface area contributed by atoms with Crippen LogP contribution in [-0.2, 0) is 4.79 Å². The zero-order valence-electron chi connectivity index (χ0n) is 7.80. The molecule has 0 aliphatic carbocycles. The lowest BCUT2D eigenvalue weighted by Gasteiger charge is -2.05. The molecule has 0 unspecified atom stereocenters. The van der Waals surface area contributed by atoms with E-state index in [2.05, 4.69) is 5.32 Å². The summed E-state index contributed by atoms with van der Waals surface area (Å²) in [7, 11) is 0. The first-order valence-corrected chi connectivity index (χ1v) is 4.40. The van der Waals surface area contributed by atoms with E-state index in [1.54, 1.807) is 0 Å². The summed E-state index contributed by atoms with van der Waals surface area (Å²) in [5, 5.41) is 4.34. The zero-order valence-corrected chi connectivity index (χ0v) is 8.56. The number of imide groups is 1. The number of amides is 3. The van der Waals surface area contributed by atoms with Crippen molar-refractivity contribution in [1.29, 1.82) is 0 Å². The first kappa shape index (κ1) is 11.5. The molecule has 0 bridgehead atoms. The summed E-state index contributed by atoms with van der Waals surface area (Å²) in [6.45, 7) is 1.18. The Morgan fingerprint density at radius 3 is 2.60 bits per heavy atom. The third-order valence-electron chi connectivity index (χ3n) is 1.47. The topological polar surface area (TPSA) is 58.2 Å². The van der Waals surface area contributed by atoms with Crippen molar-refractivity contribution in [3.8, 4) is 0 Å². The van der Waals surface area contributed by atoms with Gasteiger partial charge in [0, 0.05) is 11.9 Å². The molecule has 0 aliphatic heterocycles. The van der Waals surface area contributed by atoms with Crippen molar-refractivity contribution in [2.24, 2.45) is 0 Å². The van der Waals surface area contributed by atoms with E-state index in [-0.39, 0.29) is 10.7 Å². The lowest BCUT2D eigenvalue weighted by Crippen LogP contribution is -2.32. The van der Waals surface area contributed by atoms with E-state index in [9.17, 15) is 14.0 Å². The highest BCUT2D eigenvalue weighted by Gasteiger charge is 2.07. The Kier molecular flexibility index (Phi) is 3.62. The van der Waals surface area contributed by atoms with E-state index in [0.717, 1.165) is 6.07 Å². The molecule has 0 fully saturated rings. The van der Waals surface area contributed by atoms with Crippen LogP contribution in [0.25, 0.3) is 0 Å². The molecule has 0 radical (unpaired) electrons. The third kappa shape index (κ3) is 3.55. The average molecular weight is 231 g/mol. The average Bonchev–Trinajstić information content (AvgIpc) is 2.08. The Morgan fingerprint density at radius 1 is 1.40 bits per heavy atom. The van der Waals surface area contributed by atoms with Gasteiger partial charge in [0.05, 0.1) is 5.69 Å². The summed E-state index contributed by atoms with van der Waals surface area (Å²) in [6, 6.07) is 3.00. The van der Waals surface area contributed by atoms with Gasteiger partial charge in [0.15, 0.2) is 0 Å². The maximum Gasteiger partial charge on any atom is 0.325 e. The van der Waals surface area contributed by atoms with Crippen molar-refractivity contribution in [1.82, 2.24) is 5.32 Å². The van der Waals surface area contributed by atoms with Gasteiger partial charge in [0.25, 0.3) is 0 Å². The van der Waals surface area contributed by atoms with E-state index >= 15 is 0 Å². The van der Waals surface area contributed by atoms with E-state index in [4.69, 9.17) is 11.6 Å². The summed E-state index contributed by atoms with van der Waals surface area (Å²) in [6.07, 6.45) is 0. The zero-order chi connectivity index (χ0) is 11.4. The second-order valence-electron chi connectivity index (χ2n) is 2.76. The van der Waals surface area contributed by atoms with Crippen LogP contribution in [0.2, 0.25) is 5.02 Å². The molecule has 1 aromatic carbocycles. The van der Waals surface area contributed by atoms with Gasteiger partial charge in [-0.2, -0.15) is 0 Å². The Bertz CT molecular complexity index is 409. The molecule has 0 spiro atoms. The third-order valence-corrected chi connectivity index (χ3v) is 1.70. The number of benzene rings is 1. The largest absolute Gasteiger partial charge is 0.325 e. The molecule has 15 heavy (non-hydrogen) atoms. The fraction of sp³-hybridized carbons (Fsp3) is 0.111. The summed E-state index contributed by atoms with van der Waals surface area (Å²) < 4.78 is 13.1. The molecule has 0 heterocycles. The number of carbonyl (C=O) groups is 2. The van der Waals surface area contributed by atoms with Gasteiger partial charge >= 0.3 is 6.03 Å². The van der Waals surface area contributed by atoms with E-state index in [1.165, 1.54) is 19.1 Å². The maximum absolute atomic E-state index is 13.1. The molecule has 80 valence electrons. The lowest BCUT2D eigenvalue weighted by molar-refractivity contribution is -0.117. The van der Waals surface area contributed by atoms with E-state index in [1.807, 2.05) is 5.32 Å². The van der Waals surface area contributed by atoms with Gasteiger partial charge in [-0.25, -0.2) is 9.18 Å². The first-order valence-electron chi connectivity index (χ1n) is 4.02. The lowest BCUT2D eigenvalue weighted by atomic mass is 10.3. The Labute approximate surface area is 90.4 Å². The highest BCUT2D eigenvalue weighted by molar-refractivity contribution is 6.30. The van der Waals surface area contributed by atoms with Crippen LogP contribution in [0.3, 0.4) is 0 Å². The molecule has 4 nitrogen and oxygen atoms in total. The molecule has 6 heteroatoms. The number of hydrogen-bond donors (Lipinski definition) is 2. The molecule has 0 saturated carbocycles. The highest BCUT2D eigenvalue weighted by Crippen LogP contribution is 2.18. The molecule has 1 rings (SSSR count). The predicted molar refractivity (Wildman–Crippen MR) is 54.2 cm³/mol. The van der Waals surface area contributed by atoms with Crippen molar-refractivity contribution in [3.05, 3.63) is 29.0 Å². The van der Waals surface area contributed by atoms with Crippen LogP contribution >= 0.6 is 11.6 Å². The molecular weight excluding hydrogens is 223 g/mol. The van der Waals surface area contributed by atoms with Crippen molar-refractivity contribution in [3.63, 3.8) is 0 Å². The molecule has 1 aromatic rings. The fourth-order valence-corrected chi connectivity index (χ4v) is 1.06. The van der Waals surface area contributed by atoms with Crippen LogP contribution in [-0.4, -0.2) is 11.9 Å². The van der Waals surface area contributed by atoms with Crippen LogP contribution < -0.4 is 10.6 Å². The quantitative estimate of drug-likeness (QED) is 0.777. The predicted octanol–water partition coefficient (Wildman–Crippen LogP) is 2.15. The SMILES string of the molecule is CC(=O)NC(=O)Nc1ccc(Cl)cc1F. The van der Waals surface area contributed by atoms with Gasteiger partial charge in [-0.3, -0.25) is 10.1 Å². The molecule has 0 aliphatic rings. The van der Waals surface area contributed by atoms with Crippen LogP contribution in [0.4, 0.5) is 14.9 Å². The number of anilines is 1. The Balaban J connectivity index is 2.72. The smallest absolute Gasteiger partial charge is 0.305 e. The van der Waals surface area contributed by atoms with Crippen LogP contribution in [0.15, 0.2) is 18.2 Å². The van der Waals surface area contributed by atoms with Gasteiger partial charge in [-0.05, 0) is 18.2 Å². The minimum absolute atomic E-state index is 0.0434. The van der Waals surface area contributed by atoms with Gasteiger partial charge < -0.3 is 5.32 Å². The minimum Gasteiger partial charge on any atom is -0.305 e. The van der Waals surface area contributed by atoms with Gasteiger partial charge in [-0.15, -0.1) is 0 Å². The van der Waals surface area contributed by atoms with Crippen LogP contribution in [0, 0.1) is 5.82 Å². The standard InChI is InChI=1S/C9H8ClFN2O2/c1-5(14)12-9(15)13-8-3-2-6(10)4-7(8)11/h2-4H,1H3,(H2,12,13,14,15). The second-order valence-corrected chi connectivity index (χ2v) is 3.20. The van der Waals surface area contributed by atoms with Gasteiger partial charge in [0.1, 0.15) is 5.82 Å². The normalized spacial score (nSPS) is 9.53. The van der Waals surface area contributed by atoms with Crippen molar-refractivity contribution >= 4 is 29.2 Å². The van der Waals surface area contributed by atoms with E-state index in [0.29, 0.717) is 0 Å². The van der Waals surface area contributed by atoms with Crippen molar-refractivity contribution in [2.75, 3.05) is 5.32 Å². The summed E-state index contributed by atoms with van der Waals surface area (Å²) in [5.74, 6) is -1.19. The van der Waals surface area contributed by atoms with Crippen molar-refractivity contribution in [2.45, 2.75) is 6.92 Å². The van der Waals surface area contributed by atoms with Gasteiger partial charge in [-0.1, -0.05) is 11.6 Å². The van der Waals surface area contributed by atoms with Gasteiger partial charge in [0.2, 0.25) is 5.91 Å². The Hall–Kier alpha value is -1.62. The molecule has 0 aromatic heterocycles. The summed E-state index contributed by atoms with van der Waals surface area (Å²) in [5.41, 5.74) is -0.0434. The Morgan fingerprint density at radius 2 is 2.07 bits per heavy atom. The maximum atomic E-state index is 13.1. The number of urea groups is 1. The van der Waals surface area contributed by atoms with E-state index < -0.39 is 17.8 Å². The number of carbonyl (C=O) groups excluding carboxylic acids is 2. The van der Waals surface area contributed by atoms with Crippen molar-refractivity contribution < 1.29 is 14.0 Å². The number of halogens is 2. The summed E-state index contributed by atoms with van der Waals surface area (Å²) in [4.78, 5) is 21.5. The fourth-order valence-electron chi connectivity index (χ4n) is 0.904.